The lowest BCUT2D eigenvalue weighted by Crippen LogP contribution is -2.43. The Bertz CT molecular complexity index is 979. The minimum absolute atomic E-state index is 0.0754. The number of amides is 1. The summed E-state index contributed by atoms with van der Waals surface area (Å²) in [5.41, 5.74) is 3.98. The van der Waals surface area contributed by atoms with Gasteiger partial charge in [0.2, 0.25) is 0 Å². The summed E-state index contributed by atoms with van der Waals surface area (Å²) in [6.07, 6.45) is 3.61. The highest BCUT2D eigenvalue weighted by Gasteiger charge is 2.23. The Balaban J connectivity index is 1.44. The van der Waals surface area contributed by atoms with Crippen LogP contribution < -0.4 is 5.32 Å². The van der Waals surface area contributed by atoms with Gasteiger partial charge >= 0.3 is 0 Å². The number of carbonyl (C=O) groups excluding carboxylic acids is 1. The Morgan fingerprint density at radius 3 is 2.47 bits per heavy atom. The largest absolute Gasteiger partial charge is 0.379 e. The molecule has 0 aliphatic carbocycles. The number of carbonyl (C=O) groups is 1. The molecule has 156 valence electrons. The van der Waals surface area contributed by atoms with E-state index >= 15 is 0 Å². The molecular formula is C23H25BrN4O2. The smallest absolute Gasteiger partial charge is 0.251 e. The number of ether oxygens (including phenoxy) is 1. The second-order valence-electron chi connectivity index (χ2n) is 7.43. The van der Waals surface area contributed by atoms with Crippen LogP contribution in [0.5, 0.6) is 0 Å². The number of rotatable bonds is 6. The van der Waals surface area contributed by atoms with Crippen LogP contribution in [0.2, 0.25) is 0 Å². The fourth-order valence-electron chi connectivity index (χ4n) is 3.63. The second kappa shape index (κ2) is 9.55. The van der Waals surface area contributed by atoms with Crippen molar-refractivity contribution >= 4 is 21.8 Å². The Morgan fingerprint density at radius 1 is 1.13 bits per heavy atom. The Labute approximate surface area is 185 Å². The molecule has 0 bridgehead atoms. The van der Waals surface area contributed by atoms with Crippen molar-refractivity contribution in [2.45, 2.75) is 13.0 Å². The third kappa shape index (κ3) is 4.98. The summed E-state index contributed by atoms with van der Waals surface area (Å²) in [6.45, 7) is 5.81. The van der Waals surface area contributed by atoms with Crippen molar-refractivity contribution in [3.63, 3.8) is 0 Å². The predicted octanol–water partition coefficient (Wildman–Crippen LogP) is 3.75. The molecule has 7 heteroatoms. The first-order chi connectivity index (χ1) is 14.6. The molecule has 1 atom stereocenters. The van der Waals surface area contributed by atoms with Crippen molar-refractivity contribution in [3.8, 4) is 5.69 Å². The Kier molecular flexibility index (Phi) is 6.62. The van der Waals surface area contributed by atoms with Gasteiger partial charge in [-0.15, -0.1) is 0 Å². The van der Waals surface area contributed by atoms with Gasteiger partial charge in [-0.05, 0) is 52.7 Å². The van der Waals surface area contributed by atoms with E-state index in [1.165, 1.54) is 11.1 Å². The zero-order valence-corrected chi connectivity index (χ0v) is 18.5. The molecule has 1 N–H and O–H groups in total. The van der Waals surface area contributed by atoms with Gasteiger partial charge in [-0.1, -0.05) is 29.8 Å². The maximum atomic E-state index is 12.8. The highest BCUT2D eigenvalue weighted by atomic mass is 79.9. The van der Waals surface area contributed by atoms with E-state index < -0.39 is 0 Å². The number of morpholine rings is 1. The number of aromatic nitrogens is 2. The molecule has 0 spiro atoms. The van der Waals surface area contributed by atoms with Crippen LogP contribution in [0.1, 0.15) is 27.5 Å². The Hall–Kier alpha value is -2.48. The number of nitrogens with zero attached hydrogens (tertiary/aromatic N) is 3. The van der Waals surface area contributed by atoms with Crippen LogP contribution in [0.3, 0.4) is 0 Å². The highest BCUT2D eigenvalue weighted by molar-refractivity contribution is 9.10. The van der Waals surface area contributed by atoms with Crippen LogP contribution in [-0.2, 0) is 4.74 Å². The molecule has 1 aromatic heterocycles. The third-order valence-electron chi connectivity index (χ3n) is 5.35. The number of nitrogens with one attached hydrogen (secondary N) is 1. The first kappa shape index (κ1) is 20.8. The van der Waals surface area contributed by atoms with E-state index in [0.717, 1.165) is 36.5 Å². The molecule has 1 unspecified atom stereocenters. The molecule has 0 radical (unpaired) electrons. The summed E-state index contributed by atoms with van der Waals surface area (Å²) in [7, 11) is 0. The van der Waals surface area contributed by atoms with Crippen molar-refractivity contribution in [2.75, 3.05) is 32.8 Å². The molecule has 2 heterocycles. The van der Waals surface area contributed by atoms with Gasteiger partial charge in [-0.2, -0.15) is 5.10 Å². The fraction of sp³-hybridized carbons (Fsp3) is 0.304. The lowest BCUT2D eigenvalue weighted by atomic mass is 10.0. The molecule has 4 rings (SSSR count). The van der Waals surface area contributed by atoms with E-state index in [4.69, 9.17) is 4.74 Å². The monoisotopic (exact) mass is 468 g/mol. The van der Waals surface area contributed by atoms with E-state index in [9.17, 15) is 4.79 Å². The van der Waals surface area contributed by atoms with Gasteiger partial charge < -0.3 is 10.1 Å². The summed E-state index contributed by atoms with van der Waals surface area (Å²) >= 11 is 3.40. The summed E-state index contributed by atoms with van der Waals surface area (Å²) in [5, 5.41) is 7.39. The molecule has 6 nitrogen and oxygen atoms in total. The van der Waals surface area contributed by atoms with Crippen molar-refractivity contribution < 1.29 is 9.53 Å². The number of hydrogen-bond donors (Lipinski definition) is 1. The number of aryl methyl sites for hydroxylation is 1. The zero-order chi connectivity index (χ0) is 20.9. The van der Waals surface area contributed by atoms with Gasteiger partial charge in [0.05, 0.1) is 35.6 Å². The maximum absolute atomic E-state index is 12.8. The molecule has 30 heavy (non-hydrogen) atoms. The molecule has 1 saturated heterocycles. The van der Waals surface area contributed by atoms with Crippen molar-refractivity contribution in [1.82, 2.24) is 20.0 Å². The summed E-state index contributed by atoms with van der Waals surface area (Å²) in [5.74, 6) is -0.0754. The van der Waals surface area contributed by atoms with Crippen LogP contribution in [0.25, 0.3) is 5.69 Å². The van der Waals surface area contributed by atoms with Crippen molar-refractivity contribution in [2.24, 2.45) is 0 Å². The number of benzene rings is 2. The zero-order valence-electron chi connectivity index (χ0n) is 16.9. The molecule has 2 aromatic carbocycles. The first-order valence-electron chi connectivity index (χ1n) is 10.1. The SMILES string of the molecule is Cc1ccc(C(CNC(=O)c2ccc(-n3cc(Br)cn3)cc2)N2CCOCC2)cc1. The fourth-order valence-corrected chi connectivity index (χ4v) is 3.92. The molecule has 1 amide bonds. The van der Waals surface area contributed by atoms with Crippen LogP contribution in [0.4, 0.5) is 0 Å². The molecule has 1 aliphatic rings. The quantitative estimate of drug-likeness (QED) is 0.598. The predicted molar refractivity (Wildman–Crippen MR) is 120 cm³/mol. The van der Waals surface area contributed by atoms with Crippen LogP contribution in [-0.4, -0.2) is 53.4 Å². The number of halogens is 1. The van der Waals surface area contributed by atoms with E-state index in [-0.39, 0.29) is 11.9 Å². The van der Waals surface area contributed by atoms with Gasteiger partial charge in [-0.3, -0.25) is 9.69 Å². The lowest BCUT2D eigenvalue weighted by molar-refractivity contribution is 0.0162. The maximum Gasteiger partial charge on any atom is 0.251 e. The van der Waals surface area contributed by atoms with Gasteiger partial charge in [0.25, 0.3) is 5.91 Å². The standard InChI is InChI=1S/C23H25BrN4O2/c1-17-2-4-18(5-3-17)22(27-10-12-30-13-11-27)15-25-23(29)19-6-8-21(9-7-19)28-16-20(24)14-26-28/h2-9,14,16,22H,10-13,15H2,1H3,(H,25,29). The molecule has 1 fully saturated rings. The molecule has 1 aliphatic heterocycles. The van der Waals surface area contributed by atoms with Crippen LogP contribution in [0.15, 0.2) is 65.4 Å². The number of hydrogen-bond acceptors (Lipinski definition) is 4. The summed E-state index contributed by atoms with van der Waals surface area (Å²) in [4.78, 5) is 15.2. The van der Waals surface area contributed by atoms with Gasteiger partial charge in [0.1, 0.15) is 0 Å². The van der Waals surface area contributed by atoms with E-state index in [1.807, 2.05) is 30.5 Å². The van der Waals surface area contributed by atoms with Gasteiger partial charge in [-0.25, -0.2) is 4.68 Å². The molecule has 3 aromatic rings. The van der Waals surface area contributed by atoms with E-state index in [2.05, 4.69) is 62.4 Å². The van der Waals surface area contributed by atoms with Gasteiger partial charge in [0, 0.05) is 31.4 Å². The topological polar surface area (TPSA) is 59.4 Å². The summed E-state index contributed by atoms with van der Waals surface area (Å²) in [6, 6.07) is 16.1. The Morgan fingerprint density at radius 2 is 1.83 bits per heavy atom. The van der Waals surface area contributed by atoms with E-state index in [0.29, 0.717) is 12.1 Å². The minimum Gasteiger partial charge on any atom is -0.379 e. The average Bonchev–Trinajstić information content (AvgIpc) is 3.22. The summed E-state index contributed by atoms with van der Waals surface area (Å²) < 4.78 is 8.18. The highest BCUT2D eigenvalue weighted by Crippen LogP contribution is 2.22. The normalized spacial score (nSPS) is 15.7. The average molecular weight is 469 g/mol. The van der Waals surface area contributed by atoms with Crippen LogP contribution >= 0.6 is 15.9 Å². The van der Waals surface area contributed by atoms with E-state index in [1.54, 1.807) is 10.9 Å². The molecule has 0 saturated carbocycles. The third-order valence-corrected chi connectivity index (χ3v) is 5.76. The second-order valence-corrected chi connectivity index (χ2v) is 8.35. The van der Waals surface area contributed by atoms with Crippen molar-refractivity contribution in [1.29, 1.82) is 0 Å². The minimum atomic E-state index is -0.0754. The van der Waals surface area contributed by atoms with Crippen molar-refractivity contribution in [3.05, 3.63) is 82.1 Å². The van der Waals surface area contributed by atoms with Gasteiger partial charge in [0.15, 0.2) is 0 Å². The lowest BCUT2D eigenvalue weighted by Gasteiger charge is -2.35. The first-order valence-corrected chi connectivity index (χ1v) is 10.9. The van der Waals surface area contributed by atoms with Crippen LogP contribution in [0, 0.1) is 6.92 Å². The molecular weight excluding hydrogens is 444 g/mol.